The van der Waals surface area contributed by atoms with E-state index in [1.807, 2.05) is 0 Å². The predicted octanol–water partition coefficient (Wildman–Crippen LogP) is 2.89. The predicted molar refractivity (Wildman–Crippen MR) is 99.1 cm³/mol. The Morgan fingerprint density at radius 1 is 1.15 bits per heavy atom. The van der Waals surface area contributed by atoms with Crippen LogP contribution in [-0.4, -0.2) is 31.9 Å². The van der Waals surface area contributed by atoms with Crippen molar-refractivity contribution in [2.45, 2.75) is 18.7 Å². The summed E-state index contributed by atoms with van der Waals surface area (Å²) in [5.74, 6) is -1.58. The van der Waals surface area contributed by atoms with E-state index in [1.165, 1.54) is 49.4 Å². The van der Waals surface area contributed by atoms with E-state index in [-0.39, 0.29) is 16.5 Å². The number of aryl methyl sites for hydroxylation is 1. The molecule has 0 atom stereocenters. The molecule has 0 aromatic heterocycles. The highest BCUT2D eigenvalue weighted by atomic mass is 35.5. The smallest absolute Gasteiger partial charge is 0.324 e. The van der Waals surface area contributed by atoms with Crippen LogP contribution >= 0.6 is 11.6 Å². The molecule has 0 radical (unpaired) electrons. The summed E-state index contributed by atoms with van der Waals surface area (Å²) in [5, 5.41) is 12.1. The number of sulfonamides is 1. The zero-order valence-corrected chi connectivity index (χ0v) is 15.6. The van der Waals surface area contributed by atoms with Gasteiger partial charge in [0.05, 0.1) is 10.6 Å². The van der Waals surface area contributed by atoms with Gasteiger partial charge in [0.25, 0.3) is 10.0 Å². The van der Waals surface area contributed by atoms with Crippen molar-refractivity contribution in [3.8, 4) is 0 Å². The molecule has 0 heterocycles. The molecule has 2 rings (SSSR count). The molecule has 7 nitrogen and oxygen atoms in total. The molecule has 0 bridgehead atoms. The fourth-order valence-electron chi connectivity index (χ4n) is 2.26. The molecule has 9 heteroatoms. The molecule has 0 aliphatic carbocycles. The Balaban J connectivity index is 2.46. The summed E-state index contributed by atoms with van der Waals surface area (Å²) in [4.78, 5) is 22.2. The molecule has 2 N–H and O–H groups in total. The van der Waals surface area contributed by atoms with Crippen molar-refractivity contribution in [2.24, 2.45) is 0 Å². The van der Waals surface area contributed by atoms with Gasteiger partial charge in [-0.3, -0.25) is 13.9 Å². The second-order valence-electron chi connectivity index (χ2n) is 5.54. The first-order valence-electron chi connectivity index (χ1n) is 7.49. The van der Waals surface area contributed by atoms with Crippen LogP contribution in [-0.2, 0) is 19.6 Å². The van der Waals surface area contributed by atoms with Gasteiger partial charge in [-0.1, -0.05) is 11.6 Å². The molecule has 0 aliphatic rings. The summed E-state index contributed by atoms with van der Waals surface area (Å²) in [6.45, 7) is 2.29. The normalized spacial score (nSPS) is 11.0. The fraction of sp³-hybridized carbons (Fsp3) is 0.176. The number of carbonyl (C=O) groups is 2. The molecule has 0 saturated heterocycles. The summed E-state index contributed by atoms with van der Waals surface area (Å²) in [7, 11) is -4.13. The minimum atomic E-state index is -4.13. The maximum Gasteiger partial charge on any atom is 0.324 e. The molecule has 1 amide bonds. The number of hydrogen-bond acceptors (Lipinski definition) is 4. The van der Waals surface area contributed by atoms with Gasteiger partial charge in [0, 0.05) is 17.6 Å². The lowest BCUT2D eigenvalue weighted by Crippen LogP contribution is -2.35. The summed E-state index contributed by atoms with van der Waals surface area (Å²) in [5.41, 5.74) is 1.25. The van der Waals surface area contributed by atoms with E-state index in [9.17, 15) is 18.0 Å². The van der Waals surface area contributed by atoms with E-state index >= 15 is 0 Å². The van der Waals surface area contributed by atoms with Crippen LogP contribution in [0.3, 0.4) is 0 Å². The third-order valence-electron chi connectivity index (χ3n) is 3.47. The standard InChI is InChI=1S/C17H17ClN2O5S/c1-11-9-14(5-8-16(11)18)20(10-17(22)23)26(24,25)15-6-3-13(4-7-15)19-12(2)21/h3-9H,10H2,1-2H3,(H,19,21)(H,22,23). The van der Waals surface area contributed by atoms with E-state index in [1.54, 1.807) is 6.92 Å². The van der Waals surface area contributed by atoms with Gasteiger partial charge in [0.2, 0.25) is 5.91 Å². The molecule has 0 saturated carbocycles. The average molecular weight is 397 g/mol. The third-order valence-corrected chi connectivity index (χ3v) is 5.68. The van der Waals surface area contributed by atoms with Crippen molar-refractivity contribution >= 4 is 44.9 Å². The Hall–Kier alpha value is -2.58. The minimum absolute atomic E-state index is 0.0968. The van der Waals surface area contributed by atoms with Gasteiger partial charge >= 0.3 is 5.97 Å². The lowest BCUT2D eigenvalue weighted by Gasteiger charge is -2.23. The Kier molecular flexibility index (Phi) is 5.89. The van der Waals surface area contributed by atoms with Gasteiger partial charge < -0.3 is 10.4 Å². The molecule has 2 aromatic rings. The van der Waals surface area contributed by atoms with E-state index in [0.717, 1.165) is 4.31 Å². The Morgan fingerprint density at radius 3 is 2.27 bits per heavy atom. The number of hydrogen-bond donors (Lipinski definition) is 2. The number of amides is 1. The topological polar surface area (TPSA) is 104 Å². The Bertz CT molecular complexity index is 942. The highest BCUT2D eigenvalue weighted by molar-refractivity contribution is 7.92. The molecule has 2 aromatic carbocycles. The number of carboxylic acids is 1. The van der Waals surface area contributed by atoms with Crippen LogP contribution in [0.4, 0.5) is 11.4 Å². The van der Waals surface area contributed by atoms with Crippen molar-refractivity contribution in [3.63, 3.8) is 0 Å². The summed E-state index contributed by atoms with van der Waals surface area (Å²) in [6, 6.07) is 9.93. The maximum atomic E-state index is 12.9. The van der Waals surface area contributed by atoms with Gasteiger partial charge in [-0.15, -0.1) is 0 Å². The maximum absolute atomic E-state index is 12.9. The lowest BCUT2D eigenvalue weighted by molar-refractivity contribution is -0.135. The number of benzene rings is 2. The van der Waals surface area contributed by atoms with Crippen LogP contribution in [0, 0.1) is 6.92 Å². The van der Waals surface area contributed by atoms with Crippen molar-refractivity contribution < 1.29 is 23.1 Å². The largest absolute Gasteiger partial charge is 0.480 e. The molecule has 0 unspecified atom stereocenters. The van der Waals surface area contributed by atoms with E-state index in [2.05, 4.69) is 5.32 Å². The number of anilines is 2. The molecular weight excluding hydrogens is 380 g/mol. The molecule has 0 fully saturated rings. The molecule has 26 heavy (non-hydrogen) atoms. The van der Waals surface area contributed by atoms with Gasteiger partial charge in [-0.05, 0) is 55.0 Å². The van der Waals surface area contributed by atoms with Crippen LogP contribution in [0.15, 0.2) is 47.4 Å². The van der Waals surface area contributed by atoms with Gasteiger partial charge in [-0.2, -0.15) is 0 Å². The van der Waals surface area contributed by atoms with Crippen LogP contribution < -0.4 is 9.62 Å². The quantitative estimate of drug-likeness (QED) is 0.781. The van der Waals surface area contributed by atoms with E-state index < -0.39 is 22.5 Å². The summed E-state index contributed by atoms with van der Waals surface area (Å²) in [6.07, 6.45) is 0. The van der Waals surface area contributed by atoms with E-state index in [4.69, 9.17) is 16.7 Å². The lowest BCUT2D eigenvalue weighted by atomic mass is 10.2. The zero-order chi connectivity index (χ0) is 19.5. The molecular formula is C17H17ClN2O5S. The monoisotopic (exact) mass is 396 g/mol. The highest BCUT2D eigenvalue weighted by Crippen LogP contribution is 2.28. The average Bonchev–Trinajstić information content (AvgIpc) is 2.55. The Labute approximate surface area is 156 Å². The van der Waals surface area contributed by atoms with Crippen molar-refractivity contribution in [1.29, 1.82) is 0 Å². The number of carbonyl (C=O) groups excluding carboxylic acids is 1. The van der Waals surface area contributed by atoms with Crippen molar-refractivity contribution in [3.05, 3.63) is 53.1 Å². The van der Waals surface area contributed by atoms with Crippen LogP contribution in [0.5, 0.6) is 0 Å². The second kappa shape index (κ2) is 7.76. The van der Waals surface area contributed by atoms with Crippen molar-refractivity contribution in [1.82, 2.24) is 0 Å². The number of aliphatic carboxylic acids is 1. The first kappa shape index (κ1) is 19.7. The Morgan fingerprint density at radius 2 is 1.77 bits per heavy atom. The number of rotatable bonds is 6. The second-order valence-corrected chi connectivity index (χ2v) is 7.81. The van der Waals surface area contributed by atoms with Gasteiger partial charge in [-0.25, -0.2) is 8.42 Å². The number of carboxylic acid groups (broad SMARTS) is 1. The van der Waals surface area contributed by atoms with Gasteiger partial charge in [0.15, 0.2) is 0 Å². The number of nitrogens with zero attached hydrogens (tertiary/aromatic N) is 1. The van der Waals surface area contributed by atoms with E-state index in [0.29, 0.717) is 16.3 Å². The van der Waals surface area contributed by atoms with Crippen LogP contribution in [0.25, 0.3) is 0 Å². The molecule has 0 aliphatic heterocycles. The fourth-order valence-corrected chi connectivity index (χ4v) is 3.79. The van der Waals surface area contributed by atoms with Crippen LogP contribution in [0.2, 0.25) is 5.02 Å². The minimum Gasteiger partial charge on any atom is -0.480 e. The SMILES string of the molecule is CC(=O)Nc1ccc(S(=O)(=O)N(CC(=O)O)c2ccc(Cl)c(C)c2)cc1. The van der Waals surface area contributed by atoms with Gasteiger partial charge in [0.1, 0.15) is 6.54 Å². The highest BCUT2D eigenvalue weighted by Gasteiger charge is 2.27. The molecule has 0 spiro atoms. The molecule has 138 valence electrons. The number of halogens is 1. The third kappa shape index (κ3) is 4.53. The number of nitrogens with one attached hydrogen (secondary N) is 1. The first-order chi connectivity index (χ1) is 12.1. The van der Waals surface area contributed by atoms with Crippen LogP contribution in [0.1, 0.15) is 12.5 Å². The summed E-state index contributed by atoms with van der Waals surface area (Å²) < 4.78 is 26.7. The van der Waals surface area contributed by atoms with Crippen molar-refractivity contribution in [2.75, 3.05) is 16.2 Å². The zero-order valence-electron chi connectivity index (χ0n) is 14.1. The summed E-state index contributed by atoms with van der Waals surface area (Å²) >= 11 is 5.96. The first-order valence-corrected chi connectivity index (χ1v) is 9.31.